The first-order valence-electron chi connectivity index (χ1n) is 13.5. The Morgan fingerprint density at radius 1 is 0.833 bits per heavy atom. The second-order valence-corrected chi connectivity index (χ2v) is 9.87. The van der Waals surface area contributed by atoms with Crippen molar-refractivity contribution >= 4 is 45.9 Å². The molecular weight excluding hydrogens is 534 g/mol. The van der Waals surface area contributed by atoms with Gasteiger partial charge in [-0.15, -0.1) is 0 Å². The Hall–Kier alpha value is -5.36. The number of rotatable bonds is 6. The highest BCUT2D eigenvalue weighted by Gasteiger charge is 2.19. The minimum Gasteiger partial charge on any atom is -0.378 e. The van der Waals surface area contributed by atoms with E-state index in [1.165, 1.54) is 6.92 Å². The van der Waals surface area contributed by atoms with Crippen LogP contribution in [0, 0.1) is 0 Å². The van der Waals surface area contributed by atoms with E-state index >= 15 is 0 Å². The van der Waals surface area contributed by atoms with Gasteiger partial charge in [-0.1, -0.05) is 6.07 Å². The summed E-state index contributed by atoms with van der Waals surface area (Å²) < 4.78 is 7.34. The fraction of sp³-hybridized carbons (Fsp3) is 0.200. The van der Waals surface area contributed by atoms with Crippen molar-refractivity contribution in [3.63, 3.8) is 0 Å². The van der Waals surface area contributed by atoms with Gasteiger partial charge < -0.3 is 20.3 Å². The lowest BCUT2D eigenvalue weighted by molar-refractivity contribution is -0.114. The normalized spacial score (nSPS) is 13.1. The van der Waals surface area contributed by atoms with Gasteiger partial charge in [-0.05, 0) is 54.1 Å². The molecule has 1 fully saturated rings. The first-order chi connectivity index (χ1) is 20.4. The molecule has 3 amide bonds. The van der Waals surface area contributed by atoms with Gasteiger partial charge in [0.05, 0.1) is 24.9 Å². The highest BCUT2D eigenvalue weighted by atomic mass is 16.5. The molecule has 0 aliphatic carbocycles. The van der Waals surface area contributed by atoms with E-state index in [9.17, 15) is 9.59 Å². The minimum atomic E-state index is -0.443. The molecule has 2 aromatic carbocycles. The van der Waals surface area contributed by atoms with E-state index in [1.807, 2.05) is 25.5 Å². The summed E-state index contributed by atoms with van der Waals surface area (Å²) in [6.45, 7) is 4.19. The third-order valence-electron chi connectivity index (χ3n) is 6.75. The van der Waals surface area contributed by atoms with Crippen molar-refractivity contribution < 1.29 is 14.3 Å². The van der Waals surface area contributed by atoms with Crippen LogP contribution in [0.25, 0.3) is 33.4 Å². The number of carbonyl (C=O) groups is 2. The SMILES string of the molecule is CC(=O)Nc1ccc(NC(=O)Nc2ccc(-c3nc(N4CCOCC4)c4ccc(-c5cnn(C)c5)cc4n3)cn2)cc1. The van der Waals surface area contributed by atoms with Crippen molar-refractivity contribution in [2.75, 3.05) is 47.2 Å². The molecule has 0 bridgehead atoms. The summed E-state index contributed by atoms with van der Waals surface area (Å²) in [6.07, 6.45) is 5.45. The van der Waals surface area contributed by atoms with Crippen molar-refractivity contribution in [3.8, 4) is 22.5 Å². The molecule has 0 spiro atoms. The largest absolute Gasteiger partial charge is 0.378 e. The molecule has 1 aliphatic heterocycles. The number of anilines is 4. The molecule has 0 unspecified atom stereocenters. The van der Waals surface area contributed by atoms with E-state index < -0.39 is 6.03 Å². The molecule has 4 heterocycles. The van der Waals surface area contributed by atoms with Gasteiger partial charge in [0, 0.05) is 67.3 Å². The average Bonchev–Trinajstić information content (AvgIpc) is 3.44. The number of nitrogens with one attached hydrogen (secondary N) is 3. The third kappa shape index (κ3) is 6.03. The maximum atomic E-state index is 12.5. The van der Waals surface area contributed by atoms with Crippen LogP contribution in [0.15, 0.2) is 73.2 Å². The Bertz CT molecular complexity index is 1740. The zero-order valence-corrected chi connectivity index (χ0v) is 23.2. The number of fused-ring (bicyclic) bond motifs is 1. The molecule has 12 heteroatoms. The summed E-state index contributed by atoms with van der Waals surface area (Å²) >= 11 is 0. The molecule has 1 aliphatic rings. The second-order valence-electron chi connectivity index (χ2n) is 9.87. The first-order valence-corrected chi connectivity index (χ1v) is 13.5. The summed E-state index contributed by atoms with van der Waals surface area (Å²) in [4.78, 5) is 40.2. The predicted octanol–water partition coefficient (Wildman–Crippen LogP) is 4.53. The Balaban J connectivity index is 1.24. The number of pyridine rings is 1. The highest BCUT2D eigenvalue weighted by molar-refractivity contribution is 5.99. The number of morpholine rings is 1. The van der Waals surface area contributed by atoms with Crippen LogP contribution in [0.2, 0.25) is 0 Å². The number of amides is 3. The molecule has 0 radical (unpaired) electrons. The fourth-order valence-electron chi connectivity index (χ4n) is 4.73. The predicted molar refractivity (Wildman–Crippen MR) is 161 cm³/mol. The molecule has 0 saturated carbocycles. The van der Waals surface area contributed by atoms with Gasteiger partial charge in [0.2, 0.25) is 5.91 Å². The second kappa shape index (κ2) is 11.6. The lowest BCUT2D eigenvalue weighted by Crippen LogP contribution is -2.37. The minimum absolute atomic E-state index is 0.163. The molecule has 42 heavy (non-hydrogen) atoms. The Kier molecular flexibility index (Phi) is 7.43. The summed E-state index contributed by atoms with van der Waals surface area (Å²) in [5.41, 5.74) is 4.77. The van der Waals surface area contributed by atoms with E-state index in [0.717, 1.165) is 46.5 Å². The van der Waals surface area contributed by atoms with Crippen molar-refractivity contribution in [2.45, 2.75) is 6.92 Å². The zero-order valence-electron chi connectivity index (χ0n) is 23.2. The van der Waals surface area contributed by atoms with Crippen molar-refractivity contribution in [3.05, 3.63) is 73.2 Å². The maximum absolute atomic E-state index is 12.5. The van der Waals surface area contributed by atoms with Gasteiger partial charge in [-0.25, -0.2) is 19.7 Å². The van der Waals surface area contributed by atoms with Crippen molar-refractivity contribution in [1.82, 2.24) is 24.7 Å². The van der Waals surface area contributed by atoms with E-state index in [-0.39, 0.29) is 5.91 Å². The molecule has 1 saturated heterocycles. The Morgan fingerprint density at radius 3 is 2.24 bits per heavy atom. The standard InChI is InChI=1S/C30H29N9O3/c1-19(40)33-23-5-7-24(8-6-23)34-30(41)36-27-10-4-21(16-31-27)28-35-26-15-20(22-17-32-38(2)18-22)3-9-25(26)29(37-28)39-11-13-42-14-12-39/h3-10,15-18H,11-14H2,1-2H3,(H,33,40)(H2,31,34,36,41). The number of aryl methyl sites for hydroxylation is 1. The maximum Gasteiger partial charge on any atom is 0.324 e. The third-order valence-corrected chi connectivity index (χ3v) is 6.75. The molecule has 3 aromatic heterocycles. The highest BCUT2D eigenvalue weighted by Crippen LogP contribution is 2.31. The van der Waals surface area contributed by atoms with Gasteiger partial charge in [0.25, 0.3) is 0 Å². The van der Waals surface area contributed by atoms with Crippen LogP contribution in [-0.4, -0.2) is 63.0 Å². The number of nitrogens with zero attached hydrogens (tertiary/aromatic N) is 6. The van der Waals surface area contributed by atoms with Gasteiger partial charge in [0.1, 0.15) is 11.6 Å². The van der Waals surface area contributed by atoms with E-state index in [1.54, 1.807) is 41.2 Å². The molecule has 5 aromatic rings. The Labute approximate surface area is 241 Å². The molecule has 6 rings (SSSR count). The van der Waals surface area contributed by atoms with Crippen LogP contribution in [0.5, 0.6) is 0 Å². The lowest BCUT2D eigenvalue weighted by atomic mass is 10.1. The number of carbonyl (C=O) groups excluding carboxylic acids is 2. The fourth-order valence-corrected chi connectivity index (χ4v) is 4.73. The van der Waals surface area contributed by atoms with Gasteiger partial charge in [-0.3, -0.25) is 14.8 Å². The summed E-state index contributed by atoms with van der Waals surface area (Å²) in [7, 11) is 1.89. The van der Waals surface area contributed by atoms with Crippen LogP contribution >= 0.6 is 0 Å². The molecule has 212 valence electrons. The number of hydrogen-bond acceptors (Lipinski definition) is 8. The van der Waals surface area contributed by atoms with Crippen LogP contribution < -0.4 is 20.9 Å². The van der Waals surface area contributed by atoms with E-state index in [0.29, 0.717) is 36.2 Å². The van der Waals surface area contributed by atoms with Gasteiger partial charge in [-0.2, -0.15) is 5.10 Å². The van der Waals surface area contributed by atoms with Crippen LogP contribution in [0.1, 0.15) is 6.92 Å². The summed E-state index contributed by atoms with van der Waals surface area (Å²) in [5, 5.41) is 13.4. The molecule has 3 N–H and O–H groups in total. The lowest BCUT2D eigenvalue weighted by Gasteiger charge is -2.29. The Morgan fingerprint density at radius 2 is 1.57 bits per heavy atom. The van der Waals surface area contributed by atoms with Gasteiger partial charge >= 0.3 is 6.03 Å². The topological polar surface area (TPSA) is 139 Å². The van der Waals surface area contributed by atoms with Crippen LogP contribution in [0.4, 0.5) is 27.8 Å². The van der Waals surface area contributed by atoms with E-state index in [2.05, 4.69) is 49.1 Å². The van der Waals surface area contributed by atoms with Crippen LogP contribution in [0.3, 0.4) is 0 Å². The smallest absolute Gasteiger partial charge is 0.324 e. The van der Waals surface area contributed by atoms with Crippen molar-refractivity contribution in [2.24, 2.45) is 7.05 Å². The van der Waals surface area contributed by atoms with Crippen molar-refractivity contribution in [1.29, 1.82) is 0 Å². The quantitative estimate of drug-likeness (QED) is 0.274. The molecule has 12 nitrogen and oxygen atoms in total. The number of hydrogen-bond donors (Lipinski definition) is 3. The molecule has 0 atom stereocenters. The van der Waals surface area contributed by atoms with E-state index in [4.69, 9.17) is 14.7 Å². The zero-order chi connectivity index (χ0) is 29.1. The molecular formula is C30H29N9O3. The summed E-state index contributed by atoms with van der Waals surface area (Å²) in [6, 6.07) is 16.1. The summed E-state index contributed by atoms with van der Waals surface area (Å²) in [5.74, 6) is 1.60. The monoisotopic (exact) mass is 563 g/mol. The number of ether oxygens (including phenoxy) is 1. The first kappa shape index (κ1) is 26.8. The number of urea groups is 1. The van der Waals surface area contributed by atoms with Crippen LogP contribution in [-0.2, 0) is 16.6 Å². The number of aromatic nitrogens is 5. The number of benzene rings is 2. The van der Waals surface area contributed by atoms with Gasteiger partial charge in [0.15, 0.2) is 5.82 Å². The average molecular weight is 564 g/mol.